The van der Waals surface area contributed by atoms with E-state index in [0.717, 1.165) is 24.8 Å². The molecule has 3 heterocycles. The number of carbonyl (C=O) groups is 1. The van der Waals surface area contributed by atoms with E-state index in [-0.39, 0.29) is 18.9 Å². The van der Waals surface area contributed by atoms with Crippen molar-refractivity contribution in [3.05, 3.63) is 58.7 Å². The Bertz CT molecular complexity index is 1110. The summed E-state index contributed by atoms with van der Waals surface area (Å²) >= 11 is 0. The number of nitrogens with zero attached hydrogens (tertiary/aromatic N) is 5. The maximum atomic E-state index is 14.7. The van der Waals surface area contributed by atoms with Crippen molar-refractivity contribution in [2.75, 3.05) is 13.1 Å². The maximum Gasteiger partial charge on any atom is 0.266 e. The summed E-state index contributed by atoms with van der Waals surface area (Å²) in [6, 6.07) is 7.35. The van der Waals surface area contributed by atoms with E-state index in [9.17, 15) is 13.6 Å². The van der Waals surface area contributed by atoms with Crippen molar-refractivity contribution in [2.24, 2.45) is 0 Å². The van der Waals surface area contributed by atoms with Gasteiger partial charge < -0.3 is 4.90 Å². The molecule has 0 radical (unpaired) electrons. The molecule has 0 saturated carbocycles. The Morgan fingerprint density at radius 2 is 2.03 bits per heavy atom. The van der Waals surface area contributed by atoms with Crippen molar-refractivity contribution in [1.29, 1.82) is 0 Å². The fourth-order valence-electron chi connectivity index (χ4n) is 4.59. The number of aromatic nitrogens is 4. The van der Waals surface area contributed by atoms with Gasteiger partial charge in [0.1, 0.15) is 6.33 Å². The minimum absolute atomic E-state index is 0.212. The Morgan fingerprint density at radius 1 is 1.21 bits per heavy atom. The molecule has 0 bridgehead atoms. The highest BCUT2D eigenvalue weighted by atomic mass is 19.3. The molecule has 0 spiro atoms. The number of aryl methyl sites for hydroxylation is 3. The van der Waals surface area contributed by atoms with E-state index in [1.54, 1.807) is 19.1 Å². The molecule has 0 N–H and O–H groups in total. The Hall–Kier alpha value is -2.90. The number of amides is 1. The van der Waals surface area contributed by atoms with Gasteiger partial charge in [-0.3, -0.25) is 4.79 Å². The van der Waals surface area contributed by atoms with Crippen molar-refractivity contribution in [3.8, 4) is 0 Å². The smallest absolute Gasteiger partial charge is 0.266 e. The molecule has 1 fully saturated rings. The first-order valence-corrected chi connectivity index (χ1v) is 9.86. The highest BCUT2D eigenvalue weighted by molar-refractivity contribution is 5.94. The first-order valence-electron chi connectivity index (χ1n) is 9.86. The van der Waals surface area contributed by atoms with Crippen molar-refractivity contribution < 1.29 is 13.6 Å². The second kappa shape index (κ2) is 6.57. The predicted octanol–water partition coefficient (Wildman–Crippen LogP) is 3.19. The van der Waals surface area contributed by atoms with Crippen molar-refractivity contribution in [2.45, 2.75) is 44.4 Å². The number of hydrogen-bond acceptors (Lipinski definition) is 4. The van der Waals surface area contributed by atoms with Crippen LogP contribution in [0.4, 0.5) is 8.78 Å². The molecule has 1 unspecified atom stereocenters. The van der Waals surface area contributed by atoms with Crippen LogP contribution in [-0.2, 0) is 12.8 Å². The summed E-state index contributed by atoms with van der Waals surface area (Å²) in [4.78, 5) is 22.7. The van der Waals surface area contributed by atoms with Gasteiger partial charge in [-0.25, -0.2) is 18.3 Å². The van der Waals surface area contributed by atoms with Gasteiger partial charge in [-0.2, -0.15) is 10.1 Å². The average molecular weight is 397 g/mol. The minimum atomic E-state index is -2.97. The third-order valence-corrected chi connectivity index (χ3v) is 5.87. The van der Waals surface area contributed by atoms with Crippen LogP contribution in [0.15, 0.2) is 30.6 Å². The summed E-state index contributed by atoms with van der Waals surface area (Å²) in [5.74, 6) is -3.49. The normalized spacial score (nSPS) is 20.8. The van der Waals surface area contributed by atoms with E-state index >= 15 is 0 Å². The molecule has 8 heteroatoms. The lowest BCUT2D eigenvalue weighted by molar-refractivity contribution is -0.0641. The van der Waals surface area contributed by atoms with Gasteiger partial charge in [0.25, 0.3) is 17.6 Å². The van der Waals surface area contributed by atoms with Crippen LogP contribution >= 0.6 is 0 Å². The predicted molar refractivity (Wildman–Crippen MR) is 102 cm³/mol. The van der Waals surface area contributed by atoms with Gasteiger partial charge in [0.05, 0.1) is 12.2 Å². The SMILES string of the molecule is Cc1cc(C2CN(C(=O)c3ccc4c(c3)CCC4)CC(F)(F)C2)n2ncnc2n1. The zero-order valence-electron chi connectivity index (χ0n) is 16.1. The topological polar surface area (TPSA) is 63.4 Å². The number of halogens is 2. The zero-order chi connectivity index (χ0) is 20.2. The van der Waals surface area contributed by atoms with Crippen molar-refractivity contribution >= 4 is 11.7 Å². The third kappa shape index (κ3) is 3.26. The number of alkyl halides is 2. The lowest BCUT2D eigenvalue weighted by Gasteiger charge is -2.37. The lowest BCUT2D eigenvalue weighted by atomic mass is 9.91. The van der Waals surface area contributed by atoms with Gasteiger partial charge >= 0.3 is 0 Å². The fourth-order valence-corrected chi connectivity index (χ4v) is 4.59. The quantitative estimate of drug-likeness (QED) is 0.666. The summed E-state index contributed by atoms with van der Waals surface area (Å²) < 4.78 is 30.8. The molecule has 1 saturated heterocycles. The summed E-state index contributed by atoms with van der Waals surface area (Å²) in [5.41, 5.74) is 4.19. The number of piperidine rings is 1. The molecule has 2 aliphatic rings. The molecule has 5 rings (SSSR count). The molecule has 1 aromatic carbocycles. The standard InChI is InChI=1S/C21H21F2N5O/c1-13-7-18(28-20(26-13)24-12-25-28)17-9-21(22,23)11-27(10-17)19(29)16-6-5-14-3-2-4-15(14)8-16/h5-8,12,17H,2-4,9-11H2,1H3. The van der Waals surface area contributed by atoms with E-state index in [4.69, 9.17) is 0 Å². The molecule has 1 atom stereocenters. The Morgan fingerprint density at radius 3 is 2.90 bits per heavy atom. The van der Waals surface area contributed by atoms with E-state index in [0.29, 0.717) is 22.7 Å². The van der Waals surface area contributed by atoms with Gasteiger partial charge in [0.2, 0.25) is 0 Å². The first-order chi connectivity index (χ1) is 13.9. The second-order valence-corrected chi connectivity index (χ2v) is 8.07. The highest BCUT2D eigenvalue weighted by Crippen LogP contribution is 2.37. The van der Waals surface area contributed by atoms with Crippen LogP contribution in [0.3, 0.4) is 0 Å². The van der Waals surface area contributed by atoms with Gasteiger partial charge in [-0.05, 0) is 55.5 Å². The van der Waals surface area contributed by atoms with Crippen LogP contribution in [0.5, 0.6) is 0 Å². The molecular weight excluding hydrogens is 376 g/mol. The molecule has 3 aromatic rings. The summed E-state index contributed by atoms with van der Waals surface area (Å²) in [5, 5.41) is 4.14. The Labute approximate surface area is 166 Å². The minimum Gasteiger partial charge on any atom is -0.332 e. The molecule has 1 aliphatic carbocycles. The average Bonchev–Trinajstić information content (AvgIpc) is 3.33. The molecule has 150 valence electrons. The molecular formula is C21H21F2N5O. The van der Waals surface area contributed by atoms with E-state index in [1.807, 2.05) is 12.1 Å². The van der Waals surface area contributed by atoms with Gasteiger partial charge in [0.15, 0.2) is 0 Å². The second-order valence-electron chi connectivity index (χ2n) is 8.07. The van der Waals surface area contributed by atoms with Gasteiger partial charge in [0, 0.05) is 30.1 Å². The van der Waals surface area contributed by atoms with Gasteiger partial charge in [-0.15, -0.1) is 0 Å². The van der Waals surface area contributed by atoms with Gasteiger partial charge in [-0.1, -0.05) is 6.07 Å². The van der Waals surface area contributed by atoms with Crippen LogP contribution in [0.1, 0.15) is 51.6 Å². The van der Waals surface area contributed by atoms with E-state index in [1.165, 1.54) is 21.3 Å². The van der Waals surface area contributed by atoms with Crippen LogP contribution in [0, 0.1) is 6.92 Å². The molecule has 2 aromatic heterocycles. The number of rotatable bonds is 2. The van der Waals surface area contributed by atoms with Crippen LogP contribution in [0.2, 0.25) is 0 Å². The van der Waals surface area contributed by atoms with E-state index in [2.05, 4.69) is 15.1 Å². The summed E-state index contributed by atoms with van der Waals surface area (Å²) in [6.07, 6.45) is 4.06. The summed E-state index contributed by atoms with van der Waals surface area (Å²) in [6.45, 7) is 1.44. The van der Waals surface area contributed by atoms with Crippen LogP contribution in [-0.4, -0.2) is 49.4 Å². The monoisotopic (exact) mass is 397 g/mol. The van der Waals surface area contributed by atoms with Crippen LogP contribution < -0.4 is 0 Å². The number of fused-ring (bicyclic) bond motifs is 2. The Kier molecular flexibility index (Phi) is 4.11. The highest BCUT2D eigenvalue weighted by Gasteiger charge is 2.43. The molecule has 29 heavy (non-hydrogen) atoms. The van der Waals surface area contributed by atoms with E-state index < -0.39 is 18.4 Å². The summed E-state index contributed by atoms with van der Waals surface area (Å²) in [7, 11) is 0. The largest absolute Gasteiger partial charge is 0.332 e. The third-order valence-electron chi connectivity index (χ3n) is 5.87. The van der Waals surface area contributed by atoms with Crippen LogP contribution in [0.25, 0.3) is 5.78 Å². The number of hydrogen-bond donors (Lipinski definition) is 0. The molecule has 1 aliphatic heterocycles. The first kappa shape index (κ1) is 18.1. The number of likely N-dealkylation sites (tertiary alicyclic amines) is 1. The lowest BCUT2D eigenvalue weighted by Crippen LogP contribution is -2.49. The number of carbonyl (C=O) groups excluding carboxylic acids is 1. The molecule has 1 amide bonds. The van der Waals surface area contributed by atoms with Crippen molar-refractivity contribution in [3.63, 3.8) is 0 Å². The fraction of sp³-hybridized carbons (Fsp3) is 0.429. The van der Waals surface area contributed by atoms with Crippen molar-refractivity contribution in [1.82, 2.24) is 24.5 Å². The Balaban J connectivity index is 1.48. The molecule has 6 nitrogen and oxygen atoms in total. The number of benzene rings is 1. The maximum absolute atomic E-state index is 14.7. The zero-order valence-corrected chi connectivity index (χ0v) is 16.1.